The predicted molar refractivity (Wildman–Crippen MR) is 61.8 cm³/mol. The Morgan fingerprint density at radius 1 is 1.44 bits per heavy atom. The maximum Gasteiger partial charge on any atom is 0.305 e. The Morgan fingerprint density at radius 2 is 2.19 bits per heavy atom. The second-order valence-corrected chi connectivity index (χ2v) is 4.39. The lowest BCUT2D eigenvalue weighted by molar-refractivity contribution is -0.158. The van der Waals surface area contributed by atoms with E-state index >= 15 is 0 Å². The molecule has 1 aliphatic heterocycles. The second-order valence-electron chi connectivity index (χ2n) is 4.39. The first kappa shape index (κ1) is 13.1. The highest BCUT2D eigenvalue weighted by Crippen LogP contribution is 2.26. The topological polar surface area (TPSA) is 35.5 Å². The lowest BCUT2D eigenvalue weighted by Crippen LogP contribution is -2.45. The fraction of sp³-hybridized carbons (Fsp3) is 0.769. The first-order valence-electron chi connectivity index (χ1n) is 5.93. The molecule has 0 saturated carbocycles. The van der Waals surface area contributed by atoms with E-state index in [1.807, 2.05) is 0 Å². The molecule has 0 amide bonds. The molecule has 1 heterocycles. The molecule has 0 spiro atoms. The Hall–Kier alpha value is -1.01. The Balaban J connectivity index is 2.08. The van der Waals surface area contributed by atoms with Crippen LogP contribution >= 0.6 is 0 Å². The Morgan fingerprint density at radius 3 is 2.69 bits per heavy atom. The summed E-state index contributed by atoms with van der Waals surface area (Å²) in [6.07, 6.45) is 10.2. The minimum Gasteiger partial charge on any atom is -0.464 e. The third-order valence-electron chi connectivity index (χ3n) is 2.81. The number of esters is 1. The average Bonchev–Trinajstić information content (AvgIpc) is 2.24. The first-order chi connectivity index (χ1) is 7.72. The lowest BCUT2D eigenvalue weighted by Gasteiger charge is -2.35. The fourth-order valence-electron chi connectivity index (χ4n) is 1.54. The third-order valence-corrected chi connectivity index (χ3v) is 2.81. The third kappa shape index (κ3) is 3.86. The van der Waals surface area contributed by atoms with Gasteiger partial charge >= 0.3 is 5.97 Å². The lowest BCUT2D eigenvalue weighted by atomic mass is 9.88. The normalized spacial score (nSPS) is 17.2. The Kier molecular flexibility index (Phi) is 5.34. The summed E-state index contributed by atoms with van der Waals surface area (Å²) < 4.78 is 10.2. The molecule has 1 rings (SSSR count). The molecular weight excluding hydrogens is 204 g/mol. The van der Waals surface area contributed by atoms with E-state index in [2.05, 4.69) is 12.8 Å². The number of hydrogen-bond donors (Lipinski definition) is 0. The molecule has 0 radical (unpaired) electrons. The van der Waals surface area contributed by atoms with Gasteiger partial charge < -0.3 is 9.47 Å². The van der Waals surface area contributed by atoms with Crippen LogP contribution in [-0.4, -0.2) is 25.8 Å². The molecule has 1 saturated heterocycles. The highest BCUT2D eigenvalue weighted by Gasteiger charge is 2.38. The first-order valence-corrected chi connectivity index (χ1v) is 5.93. The van der Waals surface area contributed by atoms with Crippen LogP contribution in [-0.2, 0) is 14.3 Å². The van der Waals surface area contributed by atoms with E-state index in [1.54, 1.807) is 0 Å². The van der Waals surface area contributed by atoms with Crippen molar-refractivity contribution >= 4 is 5.97 Å². The zero-order valence-electron chi connectivity index (χ0n) is 9.96. The molecule has 0 atom stereocenters. The highest BCUT2D eigenvalue weighted by atomic mass is 16.5. The minimum absolute atomic E-state index is 0.141. The molecule has 3 heteroatoms. The van der Waals surface area contributed by atoms with Gasteiger partial charge in [-0.25, -0.2) is 0 Å². The molecule has 90 valence electrons. The van der Waals surface area contributed by atoms with Gasteiger partial charge in [0.05, 0.1) is 13.2 Å². The molecule has 1 aliphatic rings. The van der Waals surface area contributed by atoms with Gasteiger partial charge in [-0.05, 0) is 6.42 Å². The van der Waals surface area contributed by atoms with E-state index in [9.17, 15) is 4.79 Å². The van der Waals surface area contributed by atoms with Gasteiger partial charge in [0.2, 0.25) is 0 Å². The smallest absolute Gasteiger partial charge is 0.305 e. The highest BCUT2D eigenvalue weighted by molar-refractivity contribution is 5.69. The van der Waals surface area contributed by atoms with Crippen LogP contribution in [0.2, 0.25) is 0 Å². The van der Waals surface area contributed by atoms with Crippen LogP contribution < -0.4 is 0 Å². The van der Waals surface area contributed by atoms with Crippen molar-refractivity contribution in [1.29, 1.82) is 0 Å². The summed E-state index contributed by atoms with van der Waals surface area (Å²) in [5.41, 5.74) is -0.348. The number of unbranched alkanes of at least 4 members (excludes halogenated alkanes) is 3. The number of hydrogen-bond acceptors (Lipinski definition) is 3. The van der Waals surface area contributed by atoms with Crippen LogP contribution in [0, 0.1) is 17.8 Å². The van der Waals surface area contributed by atoms with Gasteiger partial charge in [-0.1, -0.05) is 32.1 Å². The van der Waals surface area contributed by atoms with Crippen LogP contribution in [0.3, 0.4) is 0 Å². The van der Waals surface area contributed by atoms with E-state index in [-0.39, 0.29) is 11.4 Å². The number of carbonyl (C=O) groups is 1. The molecule has 0 unspecified atom stereocenters. The zero-order valence-corrected chi connectivity index (χ0v) is 9.96. The van der Waals surface area contributed by atoms with Crippen molar-refractivity contribution in [1.82, 2.24) is 0 Å². The summed E-state index contributed by atoms with van der Waals surface area (Å²) in [7, 11) is 0. The molecule has 1 fully saturated rings. The van der Waals surface area contributed by atoms with Gasteiger partial charge in [0.15, 0.2) is 0 Å². The van der Waals surface area contributed by atoms with Gasteiger partial charge in [0.25, 0.3) is 0 Å². The molecular formula is C13H20O3. The van der Waals surface area contributed by atoms with E-state index in [0.717, 1.165) is 12.8 Å². The van der Waals surface area contributed by atoms with Gasteiger partial charge in [0.1, 0.15) is 12.0 Å². The van der Waals surface area contributed by atoms with Crippen molar-refractivity contribution in [3.63, 3.8) is 0 Å². The Bertz CT molecular complexity index is 261. The number of carbonyl (C=O) groups excluding carboxylic acids is 1. The van der Waals surface area contributed by atoms with Crippen molar-refractivity contribution in [3.8, 4) is 12.3 Å². The van der Waals surface area contributed by atoms with E-state index in [1.165, 1.54) is 12.8 Å². The van der Waals surface area contributed by atoms with Crippen LogP contribution in [0.25, 0.3) is 0 Å². The second kappa shape index (κ2) is 6.55. The minimum atomic E-state index is -0.348. The van der Waals surface area contributed by atoms with Crippen LogP contribution in [0.4, 0.5) is 0 Å². The molecule has 0 bridgehead atoms. The monoisotopic (exact) mass is 224 g/mol. The van der Waals surface area contributed by atoms with Crippen molar-refractivity contribution in [3.05, 3.63) is 0 Å². The summed E-state index contributed by atoms with van der Waals surface area (Å²) in [4.78, 5) is 11.4. The van der Waals surface area contributed by atoms with E-state index in [4.69, 9.17) is 15.9 Å². The van der Waals surface area contributed by atoms with E-state index in [0.29, 0.717) is 26.2 Å². The summed E-state index contributed by atoms with van der Waals surface area (Å²) in [5.74, 6) is 2.50. The standard InChI is InChI=1S/C13H20O3/c1-3-5-6-7-8-12(14)16-11-13(4-2)9-15-10-13/h2H,3,5-11H2,1H3. The summed E-state index contributed by atoms with van der Waals surface area (Å²) in [6.45, 7) is 3.46. The Labute approximate surface area is 97.5 Å². The zero-order chi connectivity index (χ0) is 11.9. The molecule has 0 aliphatic carbocycles. The van der Waals surface area contributed by atoms with Crippen molar-refractivity contribution in [2.24, 2.45) is 5.41 Å². The quantitative estimate of drug-likeness (QED) is 0.377. The molecule has 16 heavy (non-hydrogen) atoms. The maximum absolute atomic E-state index is 11.4. The van der Waals surface area contributed by atoms with Crippen molar-refractivity contribution < 1.29 is 14.3 Å². The van der Waals surface area contributed by atoms with Crippen LogP contribution in [0.1, 0.15) is 39.0 Å². The van der Waals surface area contributed by atoms with Crippen molar-refractivity contribution in [2.75, 3.05) is 19.8 Å². The number of terminal acetylenes is 1. The summed E-state index contributed by atoms with van der Waals surface area (Å²) >= 11 is 0. The van der Waals surface area contributed by atoms with Crippen LogP contribution in [0.15, 0.2) is 0 Å². The largest absolute Gasteiger partial charge is 0.464 e. The van der Waals surface area contributed by atoms with Gasteiger partial charge in [0, 0.05) is 6.42 Å². The SMILES string of the molecule is C#CC1(COC(=O)CCCCCC)COC1. The molecule has 0 N–H and O–H groups in total. The number of rotatable bonds is 7. The summed E-state index contributed by atoms with van der Waals surface area (Å²) in [6, 6.07) is 0. The fourth-order valence-corrected chi connectivity index (χ4v) is 1.54. The molecule has 3 nitrogen and oxygen atoms in total. The van der Waals surface area contributed by atoms with Gasteiger partial charge in [-0.2, -0.15) is 0 Å². The molecule has 0 aromatic carbocycles. The van der Waals surface area contributed by atoms with Crippen molar-refractivity contribution in [2.45, 2.75) is 39.0 Å². The predicted octanol–water partition coefficient (Wildman–Crippen LogP) is 2.15. The maximum atomic E-state index is 11.4. The number of ether oxygens (including phenoxy) is 2. The van der Waals surface area contributed by atoms with E-state index < -0.39 is 0 Å². The van der Waals surface area contributed by atoms with Crippen LogP contribution in [0.5, 0.6) is 0 Å². The summed E-state index contributed by atoms with van der Waals surface area (Å²) in [5, 5.41) is 0. The molecule has 0 aromatic rings. The van der Waals surface area contributed by atoms with Gasteiger partial charge in [-0.3, -0.25) is 4.79 Å². The average molecular weight is 224 g/mol. The molecule has 0 aromatic heterocycles. The van der Waals surface area contributed by atoms with Gasteiger partial charge in [-0.15, -0.1) is 6.42 Å².